The highest BCUT2D eigenvalue weighted by Gasteiger charge is 2.09. The van der Waals surface area contributed by atoms with E-state index in [4.69, 9.17) is 5.11 Å². The van der Waals surface area contributed by atoms with Crippen LogP contribution < -0.4 is 5.32 Å². The highest BCUT2D eigenvalue weighted by molar-refractivity contribution is 7.11. The first kappa shape index (κ1) is 15.4. The highest BCUT2D eigenvalue weighted by atomic mass is 32.1. The summed E-state index contributed by atoms with van der Waals surface area (Å²) in [6, 6.07) is -0.256. The molecule has 0 bridgehead atoms. The van der Waals surface area contributed by atoms with Crippen LogP contribution in [0.25, 0.3) is 0 Å². The Hall–Kier alpha value is -1.63. The summed E-state index contributed by atoms with van der Waals surface area (Å²) in [7, 11) is 1.58. The minimum absolute atomic E-state index is 0.0454. The molecule has 7 heteroatoms. The van der Waals surface area contributed by atoms with E-state index >= 15 is 0 Å². The number of thiazole rings is 1. The van der Waals surface area contributed by atoms with Crippen LogP contribution in [0.5, 0.6) is 0 Å². The summed E-state index contributed by atoms with van der Waals surface area (Å²) >= 11 is 1.65. The summed E-state index contributed by atoms with van der Waals surface area (Å²) in [4.78, 5) is 28.9. The lowest BCUT2D eigenvalue weighted by Gasteiger charge is -2.16. The Labute approximate surface area is 116 Å². The van der Waals surface area contributed by atoms with E-state index in [1.165, 1.54) is 9.78 Å². The number of carboxylic acids is 1. The molecule has 1 aromatic heterocycles. The number of aliphatic carboxylic acids is 1. The second-order valence-electron chi connectivity index (χ2n) is 4.12. The number of carboxylic acid groups (broad SMARTS) is 1. The van der Waals surface area contributed by atoms with Crippen LogP contribution in [-0.4, -0.2) is 47.1 Å². The quantitative estimate of drug-likeness (QED) is 0.792. The topological polar surface area (TPSA) is 82.5 Å². The summed E-state index contributed by atoms with van der Waals surface area (Å²) in [6.07, 6.45) is 3.49. The normalized spacial score (nSPS) is 10.2. The van der Waals surface area contributed by atoms with E-state index < -0.39 is 5.97 Å². The van der Waals surface area contributed by atoms with Crippen molar-refractivity contribution in [2.45, 2.75) is 26.2 Å². The van der Waals surface area contributed by atoms with Crippen LogP contribution >= 0.6 is 11.3 Å². The molecule has 0 radical (unpaired) electrons. The van der Waals surface area contributed by atoms with Gasteiger partial charge < -0.3 is 15.3 Å². The lowest BCUT2D eigenvalue weighted by Crippen LogP contribution is -2.39. The number of nitrogens with zero attached hydrogens (tertiary/aromatic N) is 2. The van der Waals surface area contributed by atoms with Gasteiger partial charge in [-0.05, 0) is 6.42 Å². The lowest BCUT2D eigenvalue weighted by molar-refractivity contribution is -0.137. The highest BCUT2D eigenvalue weighted by Crippen LogP contribution is 2.13. The number of aromatic nitrogens is 1. The third-order valence-electron chi connectivity index (χ3n) is 2.57. The van der Waals surface area contributed by atoms with Gasteiger partial charge in [-0.25, -0.2) is 9.78 Å². The van der Waals surface area contributed by atoms with E-state index in [-0.39, 0.29) is 19.0 Å². The van der Waals surface area contributed by atoms with Gasteiger partial charge in [0.15, 0.2) is 0 Å². The molecule has 0 aliphatic rings. The van der Waals surface area contributed by atoms with Gasteiger partial charge in [0.2, 0.25) is 0 Å². The number of hydrogen-bond donors (Lipinski definition) is 2. The molecule has 0 aromatic carbocycles. The third kappa shape index (κ3) is 5.69. The van der Waals surface area contributed by atoms with Crippen molar-refractivity contribution < 1.29 is 14.7 Å². The first-order valence-corrected chi connectivity index (χ1v) is 6.99. The molecule has 0 fully saturated rings. The molecule has 6 nitrogen and oxygen atoms in total. The first-order chi connectivity index (χ1) is 9.02. The standard InChI is InChI=1S/C12H19N3O3S/c1-3-9-8-14-10(19-9)4-6-13-12(18)15(2)7-5-11(16)17/h8H,3-7H2,1-2H3,(H,13,18)(H,16,17). The average Bonchev–Trinajstić information content (AvgIpc) is 2.83. The second kappa shape index (κ2) is 7.73. The Kier molecular flexibility index (Phi) is 6.27. The number of aryl methyl sites for hydroxylation is 1. The SMILES string of the molecule is CCc1cnc(CCNC(=O)N(C)CCC(=O)O)s1. The number of carbonyl (C=O) groups excluding carboxylic acids is 1. The van der Waals surface area contributed by atoms with Gasteiger partial charge in [0.05, 0.1) is 11.4 Å². The third-order valence-corrected chi connectivity index (χ3v) is 3.77. The van der Waals surface area contributed by atoms with Crippen molar-refractivity contribution >= 4 is 23.3 Å². The fourth-order valence-electron chi connectivity index (χ4n) is 1.40. The van der Waals surface area contributed by atoms with Crippen LogP contribution in [0, 0.1) is 0 Å². The molecule has 0 spiro atoms. The van der Waals surface area contributed by atoms with Gasteiger partial charge in [-0.2, -0.15) is 0 Å². The number of hydrogen-bond acceptors (Lipinski definition) is 4. The molecule has 0 saturated heterocycles. The molecule has 0 aliphatic heterocycles. The molecule has 1 aromatic rings. The van der Waals surface area contributed by atoms with Gasteiger partial charge in [0.25, 0.3) is 0 Å². The van der Waals surface area contributed by atoms with Crippen molar-refractivity contribution in [3.05, 3.63) is 16.1 Å². The minimum Gasteiger partial charge on any atom is -0.481 e. The Morgan fingerprint density at radius 2 is 2.26 bits per heavy atom. The Morgan fingerprint density at radius 3 is 2.84 bits per heavy atom. The van der Waals surface area contributed by atoms with Crippen LogP contribution in [0.1, 0.15) is 23.2 Å². The number of rotatable bonds is 7. The summed E-state index contributed by atoms with van der Waals surface area (Å²) in [5, 5.41) is 12.3. The summed E-state index contributed by atoms with van der Waals surface area (Å²) in [5.41, 5.74) is 0. The predicted molar refractivity (Wildman–Crippen MR) is 73.5 cm³/mol. The van der Waals surface area contributed by atoms with E-state index in [0.29, 0.717) is 13.0 Å². The molecule has 0 atom stereocenters. The predicted octanol–water partition coefficient (Wildman–Crippen LogP) is 1.36. The van der Waals surface area contributed by atoms with Crippen molar-refractivity contribution in [2.24, 2.45) is 0 Å². The van der Waals surface area contributed by atoms with Gasteiger partial charge in [0, 0.05) is 37.6 Å². The van der Waals surface area contributed by atoms with Crippen LogP contribution in [-0.2, 0) is 17.6 Å². The molecule has 106 valence electrons. The lowest BCUT2D eigenvalue weighted by atomic mass is 10.4. The van der Waals surface area contributed by atoms with Gasteiger partial charge in [-0.15, -0.1) is 11.3 Å². The van der Waals surface area contributed by atoms with Crippen LogP contribution in [0.15, 0.2) is 6.20 Å². The number of nitrogens with one attached hydrogen (secondary N) is 1. The molecule has 0 unspecified atom stereocenters. The Morgan fingerprint density at radius 1 is 1.53 bits per heavy atom. The largest absolute Gasteiger partial charge is 0.481 e. The zero-order valence-electron chi connectivity index (χ0n) is 11.2. The maximum absolute atomic E-state index is 11.6. The molecule has 2 N–H and O–H groups in total. The molecule has 0 aliphatic carbocycles. The number of carbonyl (C=O) groups is 2. The number of urea groups is 1. The van der Waals surface area contributed by atoms with E-state index in [9.17, 15) is 9.59 Å². The summed E-state index contributed by atoms with van der Waals surface area (Å²) < 4.78 is 0. The van der Waals surface area contributed by atoms with Crippen molar-refractivity contribution in [1.29, 1.82) is 0 Å². The molecule has 19 heavy (non-hydrogen) atoms. The molecule has 1 heterocycles. The molecule has 0 saturated carbocycles. The van der Waals surface area contributed by atoms with Gasteiger partial charge in [-0.1, -0.05) is 6.92 Å². The minimum atomic E-state index is -0.908. The van der Waals surface area contributed by atoms with E-state index in [2.05, 4.69) is 17.2 Å². The maximum atomic E-state index is 11.6. The molecule has 2 amide bonds. The van der Waals surface area contributed by atoms with Crippen molar-refractivity contribution in [3.8, 4) is 0 Å². The van der Waals surface area contributed by atoms with E-state index in [1.54, 1.807) is 18.4 Å². The Balaban J connectivity index is 2.24. The monoisotopic (exact) mass is 285 g/mol. The second-order valence-corrected chi connectivity index (χ2v) is 5.32. The zero-order chi connectivity index (χ0) is 14.3. The molecular weight excluding hydrogens is 266 g/mol. The fourth-order valence-corrected chi connectivity index (χ4v) is 2.27. The van der Waals surface area contributed by atoms with Gasteiger partial charge in [0.1, 0.15) is 0 Å². The van der Waals surface area contributed by atoms with Crippen molar-refractivity contribution in [2.75, 3.05) is 20.1 Å². The van der Waals surface area contributed by atoms with Crippen molar-refractivity contribution in [3.63, 3.8) is 0 Å². The van der Waals surface area contributed by atoms with Crippen molar-refractivity contribution in [1.82, 2.24) is 15.2 Å². The van der Waals surface area contributed by atoms with E-state index in [1.807, 2.05) is 6.20 Å². The van der Waals surface area contributed by atoms with Crippen LogP contribution in [0.4, 0.5) is 4.79 Å². The smallest absolute Gasteiger partial charge is 0.317 e. The fraction of sp³-hybridized carbons (Fsp3) is 0.583. The zero-order valence-corrected chi connectivity index (χ0v) is 12.0. The molecular formula is C12H19N3O3S. The van der Waals surface area contributed by atoms with Crippen LogP contribution in [0.3, 0.4) is 0 Å². The maximum Gasteiger partial charge on any atom is 0.317 e. The Bertz CT molecular complexity index is 434. The van der Waals surface area contributed by atoms with Gasteiger partial charge in [-0.3, -0.25) is 4.79 Å². The average molecular weight is 285 g/mol. The summed E-state index contributed by atoms with van der Waals surface area (Å²) in [5.74, 6) is -0.908. The number of amides is 2. The first-order valence-electron chi connectivity index (χ1n) is 6.17. The molecule has 1 rings (SSSR count). The van der Waals surface area contributed by atoms with Crippen LogP contribution in [0.2, 0.25) is 0 Å². The van der Waals surface area contributed by atoms with Gasteiger partial charge >= 0.3 is 12.0 Å². The summed E-state index contributed by atoms with van der Waals surface area (Å²) in [6.45, 7) is 2.79. The van der Waals surface area contributed by atoms with E-state index in [0.717, 1.165) is 11.4 Å².